The summed E-state index contributed by atoms with van der Waals surface area (Å²) in [5.41, 5.74) is 11.6. The molecule has 0 bridgehead atoms. The van der Waals surface area contributed by atoms with Crippen LogP contribution in [0.2, 0.25) is 0 Å². The van der Waals surface area contributed by atoms with Gasteiger partial charge in [-0.15, -0.1) is 48.1 Å². The van der Waals surface area contributed by atoms with Crippen molar-refractivity contribution in [1.82, 2.24) is 14.1 Å². The van der Waals surface area contributed by atoms with Crippen molar-refractivity contribution in [1.29, 1.82) is 0 Å². The third kappa shape index (κ3) is 6.18. The van der Waals surface area contributed by atoms with Crippen LogP contribution in [0.15, 0.2) is 200 Å². The predicted molar refractivity (Wildman–Crippen MR) is 244 cm³/mol. The van der Waals surface area contributed by atoms with Gasteiger partial charge in [-0.25, -0.2) is 4.98 Å². The van der Waals surface area contributed by atoms with Crippen LogP contribution in [0, 0.1) is 18.8 Å². The quantitative estimate of drug-likeness (QED) is 0.149. The van der Waals surface area contributed by atoms with Gasteiger partial charge in [0.1, 0.15) is 5.82 Å². The van der Waals surface area contributed by atoms with Crippen LogP contribution in [0.5, 0.6) is 11.5 Å². The maximum absolute atomic E-state index is 6.65. The number of hydrogen-bond acceptors (Lipinski definition) is 4. The second kappa shape index (κ2) is 15.0. The van der Waals surface area contributed by atoms with Crippen molar-refractivity contribution in [2.45, 2.75) is 0 Å². The molecule has 0 saturated heterocycles. The Bertz CT molecular complexity index is 3400. The zero-order chi connectivity index (χ0) is 39.6. The minimum absolute atomic E-state index is 0. The van der Waals surface area contributed by atoms with Gasteiger partial charge in [0.2, 0.25) is 0 Å². The summed E-state index contributed by atoms with van der Waals surface area (Å²) in [4.78, 5) is 9.53. The molecule has 0 saturated carbocycles. The van der Waals surface area contributed by atoms with Crippen molar-refractivity contribution >= 4 is 66.4 Å². The molecule has 0 fully saturated rings. The van der Waals surface area contributed by atoms with Crippen molar-refractivity contribution in [2.75, 3.05) is 9.80 Å². The molecular weight excluding hydrogens is 930 g/mol. The first-order chi connectivity index (χ1) is 29.7. The molecule has 7 heteroatoms. The van der Waals surface area contributed by atoms with Crippen LogP contribution in [0.1, 0.15) is 0 Å². The van der Waals surface area contributed by atoms with E-state index in [1.54, 1.807) is 0 Å². The van der Waals surface area contributed by atoms with Gasteiger partial charge in [-0.1, -0.05) is 115 Å². The second-order valence-corrected chi connectivity index (χ2v) is 14.9. The van der Waals surface area contributed by atoms with Gasteiger partial charge < -0.3 is 23.7 Å². The number of nitrogens with zero attached hydrogens (tertiary/aromatic N) is 5. The van der Waals surface area contributed by atoms with Crippen LogP contribution < -0.4 is 14.5 Å². The predicted octanol–water partition coefficient (Wildman–Crippen LogP) is 13.7. The summed E-state index contributed by atoms with van der Waals surface area (Å²) < 4.78 is 11.2. The Balaban J connectivity index is 0.00000420. The molecule has 8 aromatic carbocycles. The molecule has 6 nitrogen and oxygen atoms in total. The summed E-state index contributed by atoms with van der Waals surface area (Å²) >= 11 is 0. The van der Waals surface area contributed by atoms with Gasteiger partial charge in [-0.3, -0.25) is 0 Å². The molecule has 0 unspecified atom stereocenters. The van der Waals surface area contributed by atoms with E-state index in [2.05, 4.69) is 208 Å². The van der Waals surface area contributed by atoms with Crippen molar-refractivity contribution < 1.29 is 25.8 Å². The van der Waals surface area contributed by atoms with E-state index in [-0.39, 0.29) is 21.1 Å². The summed E-state index contributed by atoms with van der Waals surface area (Å²) in [6.07, 6.45) is 2.01. The molecule has 61 heavy (non-hydrogen) atoms. The van der Waals surface area contributed by atoms with Gasteiger partial charge in [-0.2, -0.15) is 12.1 Å². The first-order valence-electron chi connectivity index (χ1n) is 20.0. The van der Waals surface area contributed by atoms with Crippen LogP contribution >= 0.6 is 0 Å². The number of para-hydroxylation sites is 5. The van der Waals surface area contributed by atoms with E-state index in [0.29, 0.717) is 11.5 Å². The Labute approximate surface area is 367 Å². The number of aromatic nitrogens is 3. The number of hydrogen-bond donors (Lipinski definition) is 0. The van der Waals surface area contributed by atoms with E-state index in [1.165, 1.54) is 0 Å². The molecule has 4 heterocycles. The fourth-order valence-corrected chi connectivity index (χ4v) is 8.72. The molecule has 11 aromatic rings. The fourth-order valence-electron chi connectivity index (χ4n) is 8.72. The van der Waals surface area contributed by atoms with Crippen molar-refractivity contribution in [2.24, 2.45) is 0 Å². The number of ether oxygens (including phenoxy) is 1. The topological polar surface area (TPSA) is 38.5 Å². The third-order valence-electron chi connectivity index (χ3n) is 11.4. The zero-order valence-corrected chi connectivity index (χ0v) is 34.9. The maximum atomic E-state index is 6.65. The van der Waals surface area contributed by atoms with E-state index in [4.69, 9.17) is 9.72 Å². The van der Waals surface area contributed by atoms with E-state index >= 15 is 0 Å². The molecule has 12 rings (SSSR count). The van der Waals surface area contributed by atoms with E-state index < -0.39 is 0 Å². The summed E-state index contributed by atoms with van der Waals surface area (Å²) in [7, 11) is 0. The molecule has 1 aliphatic rings. The Kier molecular flexibility index (Phi) is 9.02. The molecule has 0 N–H and O–H groups in total. The number of rotatable bonds is 7. The largest absolute Gasteiger partial charge is 0.509 e. The van der Waals surface area contributed by atoms with Gasteiger partial charge in [0.15, 0.2) is 0 Å². The Morgan fingerprint density at radius 3 is 1.92 bits per heavy atom. The normalized spacial score (nSPS) is 12.3. The first kappa shape index (κ1) is 36.7. The Morgan fingerprint density at radius 1 is 0.443 bits per heavy atom. The summed E-state index contributed by atoms with van der Waals surface area (Å²) in [6, 6.07) is 74.6. The maximum Gasteiger partial charge on any atom is 0.137 e. The zero-order valence-electron chi connectivity index (χ0n) is 32.6. The van der Waals surface area contributed by atoms with Gasteiger partial charge >= 0.3 is 0 Å². The van der Waals surface area contributed by atoms with E-state index in [1.807, 2.05) is 30.5 Å². The number of fused-ring (bicyclic) bond motifs is 7. The van der Waals surface area contributed by atoms with Gasteiger partial charge in [-0.05, 0) is 65.0 Å². The van der Waals surface area contributed by atoms with Gasteiger partial charge in [0.25, 0.3) is 0 Å². The first-order valence-corrected chi connectivity index (χ1v) is 20.0. The molecule has 1 aliphatic heterocycles. The molecule has 0 atom stereocenters. The molecule has 0 radical (unpaired) electrons. The van der Waals surface area contributed by atoms with Crippen LogP contribution in [0.25, 0.3) is 66.2 Å². The van der Waals surface area contributed by atoms with Crippen LogP contribution in [0.4, 0.5) is 22.7 Å². The Hall–Kier alpha value is -7.40. The molecular formula is C54H34N5OPt-3. The minimum Gasteiger partial charge on any atom is -0.509 e. The van der Waals surface area contributed by atoms with Gasteiger partial charge in [0, 0.05) is 83.9 Å². The Morgan fingerprint density at radius 2 is 1.11 bits per heavy atom. The number of benzene rings is 8. The summed E-state index contributed by atoms with van der Waals surface area (Å²) in [5.74, 6) is 1.97. The standard InChI is InChI=1S/C54H34N5O.Pt/c1-4-15-37(16-5-1)38-27-30-49-46(31-38)45-29-28-43(60-42-22-14-21-41(32-42)57-36-56(39-17-6-2-7-18-39)50-25-12-13-26-51(50)57)33-52(45)59(49)54-34-53-47(35-55-54)44-23-10-11-24-48(44)58(53)40-19-8-3-9-20-40;/h1-31,34-36H;/q-3;. The summed E-state index contributed by atoms with van der Waals surface area (Å²) in [5, 5.41) is 4.43. The monoisotopic (exact) mass is 963 g/mol. The molecule has 0 aliphatic carbocycles. The smallest absolute Gasteiger partial charge is 0.137 e. The second-order valence-electron chi connectivity index (χ2n) is 14.9. The van der Waals surface area contributed by atoms with E-state index in [9.17, 15) is 0 Å². The molecule has 294 valence electrons. The average Bonchev–Trinajstić information content (AvgIpc) is 3.97. The van der Waals surface area contributed by atoms with Gasteiger partial charge in [0.05, 0.1) is 11.0 Å². The average molecular weight is 964 g/mol. The third-order valence-corrected chi connectivity index (χ3v) is 11.4. The summed E-state index contributed by atoms with van der Waals surface area (Å²) in [6.45, 7) is 2.11. The minimum atomic E-state index is 0. The fraction of sp³-hybridized carbons (Fsp3) is 0. The SMILES string of the molecule is [Pt].[c-]1c(Oc2[c-]c3c(cc2)c2cc(-c4ccccc4)ccc2n3-c2cc3c(cn2)c2ccccc2n3-c2ccccc2)cccc1N1[CH-]N(c2ccccc2)c2ccccc21. The van der Waals surface area contributed by atoms with Crippen LogP contribution in [0.3, 0.4) is 0 Å². The van der Waals surface area contributed by atoms with Crippen LogP contribution in [-0.2, 0) is 21.1 Å². The van der Waals surface area contributed by atoms with Crippen molar-refractivity contribution in [3.63, 3.8) is 0 Å². The van der Waals surface area contributed by atoms with E-state index in [0.717, 1.165) is 89.0 Å². The van der Waals surface area contributed by atoms with Crippen LogP contribution in [-0.4, -0.2) is 14.1 Å². The molecule has 3 aromatic heterocycles. The molecule has 0 amide bonds. The van der Waals surface area contributed by atoms with Crippen molar-refractivity contribution in [3.05, 3.63) is 219 Å². The molecule has 0 spiro atoms. The van der Waals surface area contributed by atoms with Crippen molar-refractivity contribution in [3.8, 4) is 34.1 Å². The number of pyridine rings is 1. The number of anilines is 4.